The molecule has 5 heteroatoms. The van der Waals surface area contributed by atoms with E-state index in [1.54, 1.807) is 0 Å². The smallest absolute Gasteiger partial charge is 0.193 e. The second-order valence-electron chi connectivity index (χ2n) is 4.62. The summed E-state index contributed by atoms with van der Waals surface area (Å²) in [5.41, 5.74) is 2.37. The van der Waals surface area contributed by atoms with Gasteiger partial charge in [-0.1, -0.05) is 18.2 Å². The maximum atomic E-state index is 5.83. The molecule has 0 aliphatic carbocycles. The van der Waals surface area contributed by atoms with Crippen molar-refractivity contribution < 1.29 is 4.74 Å². The fraction of sp³-hybridized carbons (Fsp3) is 0.500. The summed E-state index contributed by atoms with van der Waals surface area (Å²) in [5.74, 6) is 1.97. The topological polar surface area (TPSA) is 36.9 Å². The Kier molecular flexibility index (Phi) is 6.41. The van der Waals surface area contributed by atoms with E-state index in [4.69, 9.17) is 4.74 Å². The third-order valence-electron chi connectivity index (χ3n) is 3.10. The summed E-state index contributed by atoms with van der Waals surface area (Å²) in [5, 5.41) is 3.29. The molecule has 1 aromatic carbocycles. The summed E-state index contributed by atoms with van der Waals surface area (Å²) in [6.07, 6.45) is 0. The van der Waals surface area contributed by atoms with Gasteiger partial charge in [0.1, 0.15) is 12.4 Å². The molecule has 1 aromatic rings. The molecule has 1 N–H and O–H groups in total. The van der Waals surface area contributed by atoms with Crippen LogP contribution in [0.3, 0.4) is 0 Å². The van der Waals surface area contributed by atoms with Crippen molar-refractivity contribution in [1.29, 1.82) is 0 Å². The fourth-order valence-corrected chi connectivity index (χ4v) is 2.07. The molecule has 19 heavy (non-hydrogen) atoms. The van der Waals surface area contributed by atoms with Crippen molar-refractivity contribution in [3.63, 3.8) is 0 Å². The quantitative estimate of drug-likeness (QED) is 0.648. The van der Waals surface area contributed by atoms with Gasteiger partial charge in [-0.05, 0) is 25.0 Å². The molecule has 0 amide bonds. The zero-order valence-corrected chi connectivity index (χ0v) is 14.1. The monoisotopic (exact) mass is 375 g/mol. The van der Waals surface area contributed by atoms with Crippen LogP contribution in [0, 0.1) is 13.8 Å². The summed E-state index contributed by atoms with van der Waals surface area (Å²) in [7, 11) is 2.05. The molecule has 0 radical (unpaired) electrons. The van der Waals surface area contributed by atoms with E-state index in [1.165, 1.54) is 11.1 Å². The van der Waals surface area contributed by atoms with Crippen LogP contribution in [0.15, 0.2) is 23.2 Å². The van der Waals surface area contributed by atoms with Crippen LogP contribution < -0.4 is 10.1 Å². The van der Waals surface area contributed by atoms with Crippen LogP contribution in [0.25, 0.3) is 0 Å². The van der Waals surface area contributed by atoms with Crippen molar-refractivity contribution >= 4 is 29.9 Å². The van der Waals surface area contributed by atoms with Gasteiger partial charge < -0.3 is 15.0 Å². The standard InChI is InChI=1S/C14H21N3O.HI/c1-11-5-4-6-12(2)13(11)18-10-8-16-14-15-7-9-17(14)3;/h4-6H,7-10H2,1-3H3,(H,15,16);1H. The number of nitrogens with one attached hydrogen (secondary N) is 1. The SMILES string of the molecule is Cc1cccc(C)c1OCCNC1=NCCN1C.I. The van der Waals surface area contributed by atoms with Crippen molar-refractivity contribution in [1.82, 2.24) is 10.2 Å². The number of halogens is 1. The molecule has 4 nitrogen and oxygen atoms in total. The lowest BCUT2D eigenvalue weighted by molar-refractivity contribution is 0.316. The van der Waals surface area contributed by atoms with Gasteiger partial charge >= 0.3 is 0 Å². The van der Waals surface area contributed by atoms with Crippen molar-refractivity contribution in [3.8, 4) is 5.75 Å². The Bertz CT molecular complexity index is 428. The highest BCUT2D eigenvalue weighted by Gasteiger charge is 2.11. The number of hydrogen-bond acceptors (Lipinski definition) is 4. The molecular weight excluding hydrogens is 353 g/mol. The minimum atomic E-state index is 0. The Morgan fingerprint density at radius 1 is 1.32 bits per heavy atom. The van der Waals surface area contributed by atoms with E-state index in [0.717, 1.165) is 31.3 Å². The Morgan fingerprint density at radius 3 is 2.58 bits per heavy atom. The number of nitrogens with zero attached hydrogens (tertiary/aromatic N) is 2. The van der Waals surface area contributed by atoms with Crippen LogP contribution >= 0.6 is 24.0 Å². The Morgan fingerprint density at radius 2 is 2.00 bits per heavy atom. The summed E-state index contributed by atoms with van der Waals surface area (Å²) in [4.78, 5) is 6.50. The number of benzene rings is 1. The maximum absolute atomic E-state index is 5.83. The first-order valence-electron chi connectivity index (χ1n) is 6.37. The van der Waals surface area contributed by atoms with E-state index in [0.29, 0.717) is 6.61 Å². The molecule has 0 atom stereocenters. The van der Waals surface area contributed by atoms with E-state index in [-0.39, 0.29) is 24.0 Å². The van der Waals surface area contributed by atoms with Gasteiger partial charge in [0.05, 0.1) is 13.1 Å². The van der Waals surface area contributed by atoms with Gasteiger partial charge in [0.25, 0.3) is 0 Å². The van der Waals surface area contributed by atoms with Gasteiger partial charge in [0.2, 0.25) is 0 Å². The summed E-state index contributed by atoms with van der Waals surface area (Å²) < 4.78 is 5.83. The van der Waals surface area contributed by atoms with Crippen molar-refractivity contribution in [2.75, 3.05) is 33.3 Å². The number of likely N-dealkylation sites (N-methyl/N-ethyl adjacent to an activating group) is 1. The molecule has 106 valence electrons. The average Bonchev–Trinajstić information content (AvgIpc) is 2.73. The van der Waals surface area contributed by atoms with E-state index >= 15 is 0 Å². The first-order valence-corrected chi connectivity index (χ1v) is 6.37. The lowest BCUT2D eigenvalue weighted by Gasteiger charge is -2.16. The van der Waals surface area contributed by atoms with Crippen LogP contribution in [0.5, 0.6) is 5.75 Å². The molecule has 2 rings (SSSR count). The van der Waals surface area contributed by atoms with Gasteiger partial charge in [0.15, 0.2) is 5.96 Å². The number of hydrogen-bond donors (Lipinski definition) is 1. The largest absolute Gasteiger partial charge is 0.491 e. The molecule has 1 heterocycles. The van der Waals surface area contributed by atoms with E-state index < -0.39 is 0 Å². The zero-order valence-electron chi connectivity index (χ0n) is 11.8. The van der Waals surface area contributed by atoms with E-state index in [1.807, 2.05) is 7.05 Å². The summed E-state index contributed by atoms with van der Waals surface area (Å²) in [6, 6.07) is 6.20. The van der Waals surface area contributed by atoms with Crippen LogP contribution in [0.1, 0.15) is 11.1 Å². The molecule has 0 unspecified atom stereocenters. The van der Waals surface area contributed by atoms with E-state index in [9.17, 15) is 0 Å². The Labute approximate surface area is 132 Å². The molecule has 0 bridgehead atoms. The van der Waals surface area contributed by atoms with Crippen molar-refractivity contribution in [2.24, 2.45) is 4.99 Å². The van der Waals surface area contributed by atoms with Gasteiger partial charge in [-0.15, -0.1) is 24.0 Å². The van der Waals surface area contributed by atoms with Gasteiger partial charge in [-0.25, -0.2) is 0 Å². The molecule has 1 aliphatic heterocycles. The van der Waals surface area contributed by atoms with Gasteiger partial charge in [-0.2, -0.15) is 0 Å². The predicted molar refractivity (Wildman–Crippen MR) is 89.8 cm³/mol. The fourth-order valence-electron chi connectivity index (χ4n) is 2.07. The number of rotatable bonds is 4. The first-order chi connectivity index (χ1) is 8.68. The number of aryl methyl sites for hydroxylation is 2. The number of guanidine groups is 1. The van der Waals surface area contributed by atoms with Gasteiger partial charge in [0, 0.05) is 13.6 Å². The summed E-state index contributed by atoms with van der Waals surface area (Å²) in [6.45, 7) is 7.46. The van der Waals surface area contributed by atoms with Crippen molar-refractivity contribution in [2.45, 2.75) is 13.8 Å². The number of para-hydroxylation sites is 1. The molecule has 1 aliphatic rings. The molecular formula is C14H22IN3O. The third-order valence-corrected chi connectivity index (χ3v) is 3.10. The predicted octanol–water partition coefficient (Wildman–Crippen LogP) is 2.19. The lowest BCUT2D eigenvalue weighted by Crippen LogP contribution is -2.37. The minimum Gasteiger partial charge on any atom is -0.491 e. The number of ether oxygens (including phenoxy) is 1. The Balaban J connectivity index is 0.00000180. The van der Waals surface area contributed by atoms with Crippen LogP contribution in [-0.4, -0.2) is 44.1 Å². The molecule has 0 saturated heterocycles. The normalized spacial score (nSPS) is 13.8. The second-order valence-corrected chi connectivity index (χ2v) is 4.62. The molecule has 0 spiro atoms. The highest BCUT2D eigenvalue weighted by Crippen LogP contribution is 2.21. The molecule has 0 fully saturated rings. The highest BCUT2D eigenvalue weighted by molar-refractivity contribution is 14.0. The molecule has 0 aromatic heterocycles. The van der Waals surface area contributed by atoms with Crippen LogP contribution in [-0.2, 0) is 0 Å². The minimum absolute atomic E-state index is 0. The van der Waals surface area contributed by atoms with E-state index in [2.05, 4.69) is 47.3 Å². The lowest BCUT2D eigenvalue weighted by atomic mass is 10.1. The highest BCUT2D eigenvalue weighted by atomic mass is 127. The average molecular weight is 375 g/mol. The maximum Gasteiger partial charge on any atom is 0.193 e. The summed E-state index contributed by atoms with van der Waals surface area (Å²) >= 11 is 0. The van der Waals surface area contributed by atoms with Crippen LogP contribution in [0.4, 0.5) is 0 Å². The molecule has 0 saturated carbocycles. The zero-order chi connectivity index (χ0) is 13.0. The third kappa shape index (κ3) is 4.26. The van der Waals surface area contributed by atoms with Gasteiger partial charge in [-0.3, -0.25) is 4.99 Å². The first kappa shape index (κ1) is 16.1. The number of aliphatic imine (C=N–C) groups is 1. The van der Waals surface area contributed by atoms with Crippen molar-refractivity contribution in [3.05, 3.63) is 29.3 Å². The van der Waals surface area contributed by atoms with Crippen LogP contribution in [0.2, 0.25) is 0 Å². The Hall–Kier alpha value is -0.980. The second kappa shape index (κ2) is 7.57.